The number of nitrogens with zero attached hydrogens (tertiary/aromatic N) is 1. The molecule has 2 heterocycles. The molecule has 0 radical (unpaired) electrons. The lowest BCUT2D eigenvalue weighted by Crippen LogP contribution is -2.36. The Bertz CT molecular complexity index is 416. The lowest BCUT2D eigenvalue weighted by Gasteiger charge is -2.29. The lowest BCUT2D eigenvalue weighted by atomic mass is 10.0. The Kier molecular flexibility index (Phi) is 3.39. The maximum Gasteiger partial charge on any atom is 0.231 e. The van der Waals surface area contributed by atoms with E-state index in [0.717, 1.165) is 23.6 Å². The van der Waals surface area contributed by atoms with Crippen LogP contribution in [0.5, 0.6) is 11.5 Å². The second-order valence-electron chi connectivity index (χ2n) is 5.08. The van der Waals surface area contributed by atoms with Crippen molar-refractivity contribution in [1.29, 1.82) is 0 Å². The zero-order chi connectivity index (χ0) is 12.4. The molecular weight excluding hydrogens is 228 g/mol. The number of fused-ring (bicyclic) bond motifs is 1. The van der Waals surface area contributed by atoms with Crippen LogP contribution in [0.2, 0.25) is 0 Å². The van der Waals surface area contributed by atoms with Crippen molar-refractivity contribution in [1.82, 2.24) is 4.90 Å². The minimum absolute atomic E-state index is 0.0533. The Hall–Kier alpha value is -1.26. The predicted molar refractivity (Wildman–Crippen MR) is 69.8 cm³/mol. The van der Waals surface area contributed by atoms with Crippen molar-refractivity contribution in [3.63, 3.8) is 0 Å². The molecule has 98 valence electrons. The number of piperidine rings is 1. The van der Waals surface area contributed by atoms with Gasteiger partial charge >= 0.3 is 0 Å². The third kappa shape index (κ3) is 2.44. The van der Waals surface area contributed by atoms with Crippen LogP contribution in [0.4, 0.5) is 0 Å². The number of hydrogen-bond acceptors (Lipinski definition) is 4. The van der Waals surface area contributed by atoms with E-state index in [0.29, 0.717) is 6.79 Å². The molecule has 1 unspecified atom stereocenters. The molecule has 1 fully saturated rings. The van der Waals surface area contributed by atoms with E-state index in [-0.39, 0.29) is 6.04 Å². The predicted octanol–water partition coefficient (Wildman–Crippen LogP) is 1.90. The molecule has 3 rings (SSSR count). The van der Waals surface area contributed by atoms with Crippen molar-refractivity contribution in [3.05, 3.63) is 23.8 Å². The summed E-state index contributed by atoms with van der Waals surface area (Å²) in [5, 5.41) is 0. The van der Waals surface area contributed by atoms with Crippen LogP contribution in [0.25, 0.3) is 0 Å². The van der Waals surface area contributed by atoms with Gasteiger partial charge in [-0.25, -0.2) is 0 Å². The van der Waals surface area contributed by atoms with Crippen LogP contribution in [0.15, 0.2) is 18.2 Å². The number of benzene rings is 1. The summed E-state index contributed by atoms with van der Waals surface area (Å²) in [6.45, 7) is 3.61. The normalized spacial score (nSPS) is 20.9. The summed E-state index contributed by atoms with van der Waals surface area (Å²) in [6, 6.07) is 6.06. The number of nitrogens with two attached hydrogens (primary N) is 1. The van der Waals surface area contributed by atoms with Gasteiger partial charge in [0.2, 0.25) is 6.79 Å². The molecular formula is C14H20N2O2. The topological polar surface area (TPSA) is 47.7 Å². The summed E-state index contributed by atoms with van der Waals surface area (Å²) in [4.78, 5) is 2.46. The highest BCUT2D eigenvalue weighted by atomic mass is 16.7. The molecule has 4 nitrogen and oxygen atoms in total. The zero-order valence-electron chi connectivity index (χ0n) is 10.6. The fourth-order valence-electron chi connectivity index (χ4n) is 2.67. The largest absolute Gasteiger partial charge is 0.454 e. The molecule has 1 aromatic carbocycles. The van der Waals surface area contributed by atoms with Gasteiger partial charge < -0.3 is 20.1 Å². The third-order valence-corrected chi connectivity index (χ3v) is 3.73. The van der Waals surface area contributed by atoms with Crippen molar-refractivity contribution in [3.8, 4) is 11.5 Å². The van der Waals surface area contributed by atoms with Crippen LogP contribution >= 0.6 is 0 Å². The Morgan fingerprint density at radius 2 is 1.89 bits per heavy atom. The first-order valence-corrected chi connectivity index (χ1v) is 6.70. The molecule has 2 aliphatic rings. The van der Waals surface area contributed by atoms with Crippen LogP contribution in [0, 0.1) is 0 Å². The molecule has 4 heteroatoms. The first-order valence-electron chi connectivity index (χ1n) is 6.70. The van der Waals surface area contributed by atoms with Crippen molar-refractivity contribution in [2.24, 2.45) is 5.73 Å². The minimum Gasteiger partial charge on any atom is -0.454 e. The van der Waals surface area contributed by atoms with Gasteiger partial charge in [-0.15, -0.1) is 0 Å². The van der Waals surface area contributed by atoms with Gasteiger partial charge in [0.15, 0.2) is 11.5 Å². The van der Waals surface area contributed by atoms with Gasteiger partial charge in [0.05, 0.1) is 0 Å². The standard InChI is InChI=1S/C14H20N2O2/c15-12(9-16-6-2-1-3-7-16)11-4-5-13-14(8-11)18-10-17-13/h4-5,8,12H,1-3,6-7,9-10,15H2. The maximum atomic E-state index is 6.28. The Labute approximate surface area is 108 Å². The summed E-state index contributed by atoms with van der Waals surface area (Å²) in [7, 11) is 0. The molecule has 0 amide bonds. The zero-order valence-corrected chi connectivity index (χ0v) is 10.6. The minimum atomic E-state index is 0.0533. The van der Waals surface area contributed by atoms with Crippen molar-refractivity contribution >= 4 is 0 Å². The molecule has 0 bridgehead atoms. The number of rotatable bonds is 3. The van der Waals surface area contributed by atoms with E-state index in [1.54, 1.807) is 0 Å². The van der Waals surface area contributed by atoms with Crippen LogP contribution in [-0.4, -0.2) is 31.3 Å². The van der Waals surface area contributed by atoms with E-state index in [1.165, 1.54) is 32.4 Å². The van der Waals surface area contributed by atoms with E-state index in [1.807, 2.05) is 18.2 Å². The molecule has 1 atom stereocenters. The average molecular weight is 248 g/mol. The van der Waals surface area contributed by atoms with Crippen LogP contribution in [0.3, 0.4) is 0 Å². The second kappa shape index (κ2) is 5.16. The van der Waals surface area contributed by atoms with E-state index < -0.39 is 0 Å². The van der Waals surface area contributed by atoms with Crippen LogP contribution < -0.4 is 15.2 Å². The first kappa shape index (κ1) is 11.8. The van der Waals surface area contributed by atoms with Gasteiger partial charge in [-0.2, -0.15) is 0 Å². The van der Waals surface area contributed by atoms with Gasteiger partial charge in [0.25, 0.3) is 0 Å². The van der Waals surface area contributed by atoms with E-state index in [2.05, 4.69) is 4.90 Å². The Morgan fingerprint density at radius 1 is 1.11 bits per heavy atom. The first-order chi connectivity index (χ1) is 8.83. The summed E-state index contributed by atoms with van der Waals surface area (Å²) in [6.07, 6.45) is 3.96. The highest BCUT2D eigenvalue weighted by Crippen LogP contribution is 2.34. The molecule has 2 N–H and O–H groups in total. The van der Waals surface area contributed by atoms with Crippen LogP contribution in [0.1, 0.15) is 30.9 Å². The van der Waals surface area contributed by atoms with Gasteiger partial charge in [-0.3, -0.25) is 0 Å². The number of ether oxygens (including phenoxy) is 2. The molecule has 0 aliphatic carbocycles. The highest BCUT2D eigenvalue weighted by molar-refractivity contribution is 5.45. The summed E-state index contributed by atoms with van der Waals surface area (Å²) < 4.78 is 10.7. The molecule has 2 aliphatic heterocycles. The Balaban J connectivity index is 1.66. The summed E-state index contributed by atoms with van der Waals surface area (Å²) >= 11 is 0. The van der Waals surface area contributed by atoms with Gasteiger partial charge in [-0.1, -0.05) is 12.5 Å². The fourth-order valence-corrected chi connectivity index (χ4v) is 2.67. The monoisotopic (exact) mass is 248 g/mol. The van der Waals surface area contributed by atoms with Crippen molar-refractivity contribution in [2.75, 3.05) is 26.4 Å². The molecule has 0 aromatic heterocycles. The lowest BCUT2D eigenvalue weighted by molar-refractivity contribution is 0.174. The van der Waals surface area contributed by atoms with E-state index in [4.69, 9.17) is 15.2 Å². The number of likely N-dealkylation sites (tertiary alicyclic amines) is 1. The van der Waals surface area contributed by atoms with Gasteiger partial charge in [0.1, 0.15) is 0 Å². The maximum absolute atomic E-state index is 6.28. The highest BCUT2D eigenvalue weighted by Gasteiger charge is 2.18. The molecule has 1 aromatic rings. The number of hydrogen-bond donors (Lipinski definition) is 1. The quantitative estimate of drug-likeness (QED) is 0.887. The average Bonchev–Trinajstić information content (AvgIpc) is 2.87. The molecule has 18 heavy (non-hydrogen) atoms. The summed E-state index contributed by atoms with van der Waals surface area (Å²) in [5.74, 6) is 1.64. The van der Waals surface area contributed by atoms with Crippen LogP contribution in [-0.2, 0) is 0 Å². The fraction of sp³-hybridized carbons (Fsp3) is 0.571. The third-order valence-electron chi connectivity index (χ3n) is 3.73. The van der Waals surface area contributed by atoms with Crippen molar-refractivity contribution < 1.29 is 9.47 Å². The van der Waals surface area contributed by atoms with E-state index in [9.17, 15) is 0 Å². The summed E-state index contributed by atoms with van der Waals surface area (Å²) in [5.41, 5.74) is 7.41. The SMILES string of the molecule is NC(CN1CCCCC1)c1ccc2c(c1)OCO2. The Morgan fingerprint density at radius 3 is 2.72 bits per heavy atom. The molecule has 1 saturated heterocycles. The van der Waals surface area contributed by atoms with Gasteiger partial charge in [-0.05, 0) is 43.6 Å². The second-order valence-corrected chi connectivity index (χ2v) is 5.08. The molecule has 0 spiro atoms. The smallest absolute Gasteiger partial charge is 0.231 e. The van der Waals surface area contributed by atoms with E-state index >= 15 is 0 Å². The van der Waals surface area contributed by atoms with Gasteiger partial charge in [0, 0.05) is 12.6 Å². The molecule has 0 saturated carbocycles. The van der Waals surface area contributed by atoms with Crippen molar-refractivity contribution in [2.45, 2.75) is 25.3 Å².